The normalized spacial score (nSPS) is 12.3. The minimum atomic E-state index is -1.22. The third-order valence-electron chi connectivity index (χ3n) is 2.46. The van der Waals surface area contributed by atoms with E-state index in [0.29, 0.717) is 0 Å². The van der Waals surface area contributed by atoms with Crippen molar-refractivity contribution in [2.45, 2.75) is 11.4 Å². The van der Waals surface area contributed by atoms with Gasteiger partial charge in [-0.25, -0.2) is 0 Å². The molecule has 0 saturated heterocycles. The van der Waals surface area contributed by atoms with Crippen LogP contribution in [-0.4, -0.2) is 91.8 Å². The topological polar surface area (TPSA) is 156 Å². The van der Waals surface area contributed by atoms with Crippen molar-refractivity contribution in [1.82, 2.24) is 9.80 Å². The van der Waals surface area contributed by atoms with E-state index in [4.69, 9.17) is 20.4 Å². The van der Waals surface area contributed by atoms with Gasteiger partial charge >= 0.3 is 133 Å². The van der Waals surface area contributed by atoms with E-state index >= 15 is 0 Å². The van der Waals surface area contributed by atoms with E-state index in [1.54, 1.807) is 0 Å². The molecule has 10 nitrogen and oxygen atoms in total. The van der Waals surface area contributed by atoms with E-state index < -0.39 is 55.0 Å². The number of carboxylic acid groups (broad SMARTS) is 4. The van der Waals surface area contributed by atoms with Crippen LogP contribution in [-0.2, 0) is 35.2 Å². The predicted molar refractivity (Wildman–Crippen MR) is 67.0 cm³/mol. The van der Waals surface area contributed by atoms with Crippen molar-refractivity contribution < 1.29 is 55.6 Å². The Balaban J connectivity index is 4.62. The number of nitrogens with zero attached hydrogens (tertiary/aromatic N) is 2. The van der Waals surface area contributed by atoms with Gasteiger partial charge in [-0.1, -0.05) is 0 Å². The molecule has 0 rings (SSSR count). The number of carbonyl (C=O) groups is 4. The van der Waals surface area contributed by atoms with Crippen LogP contribution in [0.5, 0.6) is 0 Å². The van der Waals surface area contributed by atoms with Crippen LogP contribution >= 0.6 is 0 Å². The Morgan fingerprint density at radius 3 is 1.45 bits per heavy atom. The molecule has 0 fully saturated rings. The molecule has 0 saturated carbocycles. The first-order chi connectivity index (χ1) is 10.1. The molecule has 0 aromatic rings. The number of carboxylic acids is 4. The third-order valence-corrected chi connectivity index (χ3v) is 3.18. The Morgan fingerprint density at radius 2 is 1.14 bits per heavy atom. The van der Waals surface area contributed by atoms with E-state index in [9.17, 15) is 19.2 Å². The fourth-order valence-corrected chi connectivity index (χ4v) is 2.01. The molecule has 0 heterocycles. The molecule has 1 unspecified atom stereocenters. The molecule has 0 aromatic carbocycles. The van der Waals surface area contributed by atoms with E-state index in [-0.39, 0.29) is 13.0 Å². The van der Waals surface area contributed by atoms with E-state index in [2.05, 4.69) is 16.0 Å². The zero-order valence-corrected chi connectivity index (χ0v) is 12.6. The Labute approximate surface area is 134 Å². The number of aliphatic carboxylic acids is 4. The molecule has 0 aliphatic rings. The van der Waals surface area contributed by atoms with Crippen molar-refractivity contribution in [3.63, 3.8) is 0 Å². The van der Waals surface area contributed by atoms with Crippen LogP contribution in [0.3, 0.4) is 0 Å². The van der Waals surface area contributed by atoms with Crippen LogP contribution in [0.15, 0.2) is 0 Å². The van der Waals surface area contributed by atoms with Crippen LogP contribution in [0.1, 0.15) is 6.42 Å². The molecule has 4 N–H and O–H groups in total. The van der Waals surface area contributed by atoms with Crippen molar-refractivity contribution in [3.8, 4) is 0 Å². The van der Waals surface area contributed by atoms with E-state index in [1.807, 2.05) is 0 Å². The van der Waals surface area contributed by atoms with E-state index in [0.717, 1.165) is 9.80 Å². The quantitative estimate of drug-likeness (QED) is 0.292. The summed E-state index contributed by atoms with van der Waals surface area (Å²) in [6.07, 6.45) is 0.126. The summed E-state index contributed by atoms with van der Waals surface area (Å²) in [5.41, 5.74) is 0. The van der Waals surface area contributed by atoms with Crippen LogP contribution in [0, 0.1) is 0 Å². The van der Waals surface area contributed by atoms with Gasteiger partial charge in [0.1, 0.15) is 0 Å². The van der Waals surface area contributed by atoms with Crippen molar-refractivity contribution >= 4 is 23.9 Å². The second kappa shape index (κ2) is 10.1. The van der Waals surface area contributed by atoms with Crippen LogP contribution in [0.2, 0.25) is 0 Å². The summed E-state index contributed by atoms with van der Waals surface area (Å²) < 4.78 is 0. The first-order valence-electron chi connectivity index (χ1n) is 6.08. The summed E-state index contributed by atoms with van der Waals surface area (Å²) in [5.74, 6) is -4.84. The van der Waals surface area contributed by atoms with Crippen LogP contribution in [0.25, 0.3) is 0 Å². The summed E-state index contributed by atoms with van der Waals surface area (Å²) in [6.45, 7) is -2.01. The fourth-order valence-electron chi connectivity index (χ4n) is 1.66. The predicted octanol–water partition coefficient (Wildman–Crippen LogP) is -1.81. The molecule has 1 atom stereocenters. The Morgan fingerprint density at radius 1 is 0.773 bits per heavy atom. The Kier molecular flexibility index (Phi) is 9.34. The van der Waals surface area contributed by atoms with Gasteiger partial charge in [0.2, 0.25) is 0 Å². The molecule has 22 heavy (non-hydrogen) atoms. The van der Waals surface area contributed by atoms with Gasteiger partial charge < -0.3 is 0 Å². The molecule has 0 amide bonds. The second-order valence-corrected chi connectivity index (χ2v) is 5.13. The van der Waals surface area contributed by atoms with Gasteiger partial charge in [-0.2, -0.15) is 0 Å². The van der Waals surface area contributed by atoms with Gasteiger partial charge in [0.25, 0.3) is 0 Å². The Hall–Kier alpha value is -1.68. The monoisotopic (exact) mass is 361 g/mol. The Bertz CT molecular complexity index is 398. The molecule has 0 radical (unpaired) electrons. The van der Waals surface area contributed by atoms with Crippen LogP contribution in [0.4, 0.5) is 0 Å². The summed E-state index contributed by atoms with van der Waals surface area (Å²) in [5, 5.41) is 34.9. The SMILES string of the molecule is O=C(O)CN(CC[CH]([Fe])N(CC(=O)O)CC(=O)O)CC(=O)O. The van der Waals surface area contributed by atoms with Gasteiger partial charge in [0.15, 0.2) is 0 Å². The molecule has 0 aromatic heterocycles. The maximum atomic E-state index is 10.7. The summed E-state index contributed by atoms with van der Waals surface area (Å²) in [7, 11) is 0. The van der Waals surface area contributed by atoms with Gasteiger partial charge in [-0.05, 0) is 0 Å². The zero-order valence-electron chi connectivity index (χ0n) is 11.5. The first kappa shape index (κ1) is 20.3. The number of hydrogen-bond acceptors (Lipinski definition) is 6. The second-order valence-electron chi connectivity index (χ2n) is 4.40. The fraction of sp³-hybridized carbons (Fsp3) is 0.636. The molecule has 0 aliphatic carbocycles. The average molecular weight is 361 g/mol. The van der Waals surface area contributed by atoms with Gasteiger partial charge in [0.05, 0.1) is 0 Å². The van der Waals surface area contributed by atoms with Crippen LogP contribution < -0.4 is 0 Å². The molecule has 127 valence electrons. The zero-order chi connectivity index (χ0) is 17.3. The maximum absolute atomic E-state index is 10.7. The molecular formula is C11H17FeN2O8. The van der Waals surface area contributed by atoms with Crippen molar-refractivity contribution in [3.05, 3.63) is 0 Å². The van der Waals surface area contributed by atoms with Gasteiger partial charge in [-0.15, -0.1) is 0 Å². The third kappa shape index (κ3) is 10.1. The van der Waals surface area contributed by atoms with Gasteiger partial charge in [-0.3, -0.25) is 0 Å². The van der Waals surface area contributed by atoms with Crippen molar-refractivity contribution in [1.29, 1.82) is 0 Å². The standard InChI is InChI=1S/C11H17N2O8.Fe/c14-8(15)4-12(5-9(16)17)2-1-3-13(6-10(18)19)7-11(20)21;/h2H,1,3-7H2,(H,14,15)(H,16,17)(H,18,19)(H,20,21);. The van der Waals surface area contributed by atoms with Crippen molar-refractivity contribution in [2.75, 3.05) is 32.7 Å². The van der Waals surface area contributed by atoms with Gasteiger partial charge in [0, 0.05) is 0 Å². The number of hydrogen-bond donors (Lipinski definition) is 4. The molecule has 0 spiro atoms. The summed E-state index contributed by atoms with van der Waals surface area (Å²) >= 11 is 3.65. The summed E-state index contributed by atoms with van der Waals surface area (Å²) in [4.78, 5) is 44.2. The summed E-state index contributed by atoms with van der Waals surface area (Å²) in [6, 6.07) is 0. The minimum absolute atomic E-state index is 0.0303. The molecule has 0 bridgehead atoms. The first-order valence-corrected chi connectivity index (χ1v) is 6.71. The molecule has 11 heteroatoms. The number of rotatable bonds is 12. The van der Waals surface area contributed by atoms with E-state index in [1.165, 1.54) is 0 Å². The molecular weight excluding hydrogens is 344 g/mol. The van der Waals surface area contributed by atoms with Crippen molar-refractivity contribution in [2.24, 2.45) is 0 Å². The average Bonchev–Trinajstić information content (AvgIpc) is 2.32. The molecule has 0 aliphatic heterocycles.